The number of nitrogens with zero attached hydrogens (tertiary/aromatic N) is 3. The minimum absolute atomic E-state index is 0.0903. The van der Waals surface area contributed by atoms with E-state index in [0.717, 1.165) is 5.39 Å². The number of carbonyl (C=O) groups is 2. The number of fused-ring (bicyclic) bond motifs is 1. The summed E-state index contributed by atoms with van der Waals surface area (Å²) < 4.78 is 10.9. The van der Waals surface area contributed by atoms with E-state index in [1.807, 2.05) is 24.3 Å². The lowest BCUT2D eigenvalue weighted by atomic mass is 10.2. The maximum absolute atomic E-state index is 12.1. The third kappa shape index (κ3) is 3.99. The Morgan fingerprint density at radius 2 is 2.18 bits per heavy atom. The van der Waals surface area contributed by atoms with E-state index in [4.69, 9.17) is 9.15 Å². The van der Waals surface area contributed by atoms with Crippen molar-refractivity contribution in [3.05, 3.63) is 60.7 Å². The number of hydrazone groups is 1. The zero-order valence-electron chi connectivity index (χ0n) is 14.7. The largest absolute Gasteiger partial charge is 0.481 e. The van der Waals surface area contributed by atoms with Gasteiger partial charge in [-0.15, -0.1) is 5.10 Å². The molecule has 0 atom stereocenters. The van der Waals surface area contributed by atoms with Crippen molar-refractivity contribution >= 4 is 39.6 Å². The van der Waals surface area contributed by atoms with Crippen LogP contribution in [0, 0.1) is 0 Å². The summed E-state index contributed by atoms with van der Waals surface area (Å²) >= 11 is 1.26. The summed E-state index contributed by atoms with van der Waals surface area (Å²) in [6, 6.07) is 12.8. The van der Waals surface area contributed by atoms with Crippen molar-refractivity contribution in [1.29, 1.82) is 0 Å². The lowest BCUT2D eigenvalue weighted by Gasteiger charge is -2.14. The van der Waals surface area contributed by atoms with Crippen LogP contribution in [0.2, 0.25) is 0 Å². The van der Waals surface area contributed by atoms with Crippen molar-refractivity contribution in [2.24, 2.45) is 5.10 Å². The Bertz CT molecular complexity index is 1030. The zero-order chi connectivity index (χ0) is 19.3. The standard InChI is InChI=1S/C19H16N4O4S/c24-16(11-27-15-7-1-4-13-5-2-8-20-18(13)15)21-22-19-23(17(25)12-28-19)10-14-6-3-9-26-14/h1-9H,10-12H2,(H,21,24). The molecule has 0 saturated carbocycles. The number of carbonyl (C=O) groups excluding carboxylic acids is 2. The monoisotopic (exact) mass is 396 g/mol. The number of benzene rings is 1. The summed E-state index contributed by atoms with van der Waals surface area (Å²) in [4.78, 5) is 29.9. The number of pyridine rings is 1. The fraction of sp³-hybridized carbons (Fsp3) is 0.158. The van der Waals surface area contributed by atoms with E-state index in [0.29, 0.717) is 22.2 Å². The molecule has 1 saturated heterocycles. The Labute approximate surface area is 164 Å². The van der Waals surface area contributed by atoms with Gasteiger partial charge in [-0.25, -0.2) is 5.43 Å². The van der Waals surface area contributed by atoms with Crippen LogP contribution in [0.5, 0.6) is 5.75 Å². The highest BCUT2D eigenvalue weighted by molar-refractivity contribution is 8.15. The second kappa shape index (κ2) is 8.13. The molecule has 0 aliphatic carbocycles. The van der Waals surface area contributed by atoms with Crippen molar-refractivity contribution in [3.63, 3.8) is 0 Å². The lowest BCUT2D eigenvalue weighted by molar-refractivity contribution is -0.125. The molecule has 4 rings (SSSR count). The predicted molar refractivity (Wildman–Crippen MR) is 105 cm³/mol. The smallest absolute Gasteiger partial charge is 0.278 e. The molecule has 0 unspecified atom stereocenters. The number of hydrogen-bond acceptors (Lipinski definition) is 7. The van der Waals surface area contributed by atoms with Gasteiger partial charge in [-0.05, 0) is 24.3 Å². The molecule has 28 heavy (non-hydrogen) atoms. The highest BCUT2D eigenvalue weighted by Crippen LogP contribution is 2.23. The van der Waals surface area contributed by atoms with Gasteiger partial charge in [0, 0.05) is 11.6 Å². The first-order valence-corrected chi connectivity index (χ1v) is 9.48. The number of rotatable bonds is 6. The number of amides is 2. The fourth-order valence-corrected chi connectivity index (χ4v) is 3.51. The van der Waals surface area contributed by atoms with Crippen LogP contribution in [0.15, 0.2) is 64.4 Å². The van der Waals surface area contributed by atoms with Crippen molar-refractivity contribution in [2.45, 2.75) is 6.54 Å². The number of hydrogen-bond donors (Lipinski definition) is 1. The van der Waals surface area contributed by atoms with Gasteiger partial charge in [0.1, 0.15) is 17.0 Å². The van der Waals surface area contributed by atoms with E-state index in [-0.39, 0.29) is 24.8 Å². The molecule has 3 heterocycles. The van der Waals surface area contributed by atoms with E-state index < -0.39 is 5.91 Å². The molecular formula is C19H16N4O4S. The molecule has 142 valence electrons. The first kappa shape index (κ1) is 18.1. The number of ether oxygens (including phenoxy) is 1. The van der Waals surface area contributed by atoms with Crippen molar-refractivity contribution < 1.29 is 18.7 Å². The van der Waals surface area contributed by atoms with Crippen LogP contribution in [0.1, 0.15) is 5.76 Å². The summed E-state index contributed by atoms with van der Waals surface area (Å²) in [6.45, 7) is 0.0506. The molecule has 0 radical (unpaired) electrons. The highest BCUT2D eigenvalue weighted by atomic mass is 32.2. The summed E-state index contributed by atoms with van der Waals surface area (Å²) in [5, 5.41) is 5.40. The molecule has 2 aromatic heterocycles. The van der Waals surface area contributed by atoms with Crippen LogP contribution in [0.3, 0.4) is 0 Å². The Balaban J connectivity index is 1.37. The van der Waals surface area contributed by atoms with Crippen LogP contribution in [0.25, 0.3) is 10.9 Å². The van der Waals surface area contributed by atoms with Crippen LogP contribution in [-0.4, -0.2) is 39.2 Å². The number of nitrogens with one attached hydrogen (secondary N) is 1. The third-order valence-electron chi connectivity index (χ3n) is 3.98. The molecule has 1 aliphatic rings. The van der Waals surface area contributed by atoms with Crippen molar-refractivity contribution in [1.82, 2.24) is 15.3 Å². The molecule has 1 aromatic carbocycles. The first-order chi connectivity index (χ1) is 13.7. The minimum Gasteiger partial charge on any atom is -0.481 e. The van der Waals surface area contributed by atoms with Gasteiger partial charge in [-0.3, -0.25) is 19.5 Å². The van der Waals surface area contributed by atoms with Crippen LogP contribution in [0.4, 0.5) is 0 Å². The van der Waals surface area contributed by atoms with Gasteiger partial charge in [0.2, 0.25) is 5.91 Å². The van der Waals surface area contributed by atoms with Gasteiger partial charge in [0.25, 0.3) is 5.91 Å². The number of amidine groups is 1. The molecule has 1 fully saturated rings. The van der Waals surface area contributed by atoms with Crippen molar-refractivity contribution in [2.75, 3.05) is 12.4 Å². The van der Waals surface area contributed by atoms with Crippen LogP contribution >= 0.6 is 11.8 Å². The van der Waals surface area contributed by atoms with E-state index in [1.165, 1.54) is 16.7 Å². The molecule has 0 spiro atoms. The number of para-hydroxylation sites is 1. The summed E-state index contributed by atoms with van der Waals surface area (Å²) in [6.07, 6.45) is 3.21. The van der Waals surface area contributed by atoms with E-state index in [9.17, 15) is 9.59 Å². The quantitative estimate of drug-likeness (QED) is 0.643. The van der Waals surface area contributed by atoms with Gasteiger partial charge >= 0.3 is 0 Å². The first-order valence-electron chi connectivity index (χ1n) is 8.49. The van der Waals surface area contributed by atoms with Crippen molar-refractivity contribution in [3.8, 4) is 5.75 Å². The SMILES string of the molecule is O=C(COc1cccc2cccnc12)NN=C1SCC(=O)N1Cc1ccco1. The molecular weight excluding hydrogens is 380 g/mol. The Hall–Kier alpha value is -3.33. The molecule has 3 aromatic rings. The molecule has 0 bridgehead atoms. The second-order valence-corrected chi connectivity index (χ2v) is 6.84. The highest BCUT2D eigenvalue weighted by Gasteiger charge is 2.29. The molecule has 8 nitrogen and oxygen atoms in total. The summed E-state index contributed by atoms with van der Waals surface area (Å²) in [7, 11) is 0. The summed E-state index contributed by atoms with van der Waals surface area (Å²) in [5.74, 6) is 0.909. The Morgan fingerprint density at radius 1 is 1.29 bits per heavy atom. The van der Waals surface area contributed by atoms with Gasteiger partial charge in [-0.1, -0.05) is 30.0 Å². The number of aromatic nitrogens is 1. The average Bonchev–Trinajstić information content (AvgIpc) is 3.35. The molecule has 9 heteroatoms. The maximum Gasteiger partial charge on any atom is 0.278 e. The maximum atomic E-state index is 12.1. The zero-order valence-corrected chi connectivity index (χ0v) is 15.5. The summed E-state index contributed by atoms with van der Waals surface area (Å²) in [5.41, 5.74) is 3.12. The third-order valence-corrected chi connectivity index (χ3v) is 4.94. The number of furan rings is 1. The van der Waals surface area contributed by atoms with Crippen LogP contribution < -0.4 is 10.2 Å². The molecule has 1 N–H and O–H groups in total. The molecule has 1 aliphatic heterocycles. The van der Waals surface area contributed by atoms with Gasteiger partial charge in [-0.2, -0.15) is 0 Å². The van der Waals surface area contributed by atoms with Gasteiger partial charge in [0.05, 0.1) is 18.6 Å². The fourth-order valence-electron chi connectivity index (χ4n) is 2.67. The van der Waals surface area contributed by atoms with Crippen LogP contribution in [-0.2, 0) is 16.1 Å². The molecule has 2 amide bonds. The predicted octanol–water partition coefficient (Wildman–Crippen LogP) is 2.37. The van der Waals surface area contributed by atoms with E-state index in [1.54, 1.807) is 30.7 Å². The minimum atomic E-state index is -0.432. The van der Waals surface area contributed by atoms with E-state index in [2.05, 4.69) is 15.5 Å². The Morgan fingerprint density at radius 3 is 3.04 bits per heavy atom. The Kier molecular flexibility index (Phi) is 5.24. The van der Waals surface area contributed by atoms with Gasteiger partial charge in [0.15, 0.2) is 11.8 Å². The lowest BCUT2D eigenvalue weighted by Crippen LogP contribution is -2.32. The topological polar surface area (TPSA) is 97.0 Å². The van der Waals surface area contributed by atoms with Gasteiger partial charge < -0.3 is 9.15 Å². The average molecular weight is 396 g/mol. The normalized spacial score (nSPS) is 15.4. The number of thioether (sulfide) groups is 1. The van der Waals surface area contributed by atoms with E-state index >= 15 is 0 Å². The second-order valence-electron chi connectivity index (χ2n) is 5.90.